The lowest BCUT2D eigenvalue weighted by Crippen LogP contribution is -2.31. The zero-order valence-electron chi connectivity index (χ0n) is 23.3. The van der Waals surface area contributed by atoms with Crippen LogP contribution in [-0.4, -0.2) is 38.0 Å². The van der Waals surface area contributed by atoms with E-state index in [0.29, 0.717) is 24.5 Å². The number of carbonyl (C=O) groups is 3. The SMILES string of the molecule is Cc1c(C(=O)OC(C)(C)C)ccc2c1CC[C@@H]2NC(=O)c1cc(C(=O)NCc2cc(F)cc(F)c2)nc2c(F)cnn12. The first kappa shape index (κ1) is 28.8. The number of carbonyl (C=O) groups excluding carboxylic acids is 3. The molecule has 42 heavy (non-hydrogen) atoms. The zero-order chi connectivity index (χ0) is 30.3. The third kappa shape index (κ3) is 5.83. The van der Waals surface area contributed by atoms with Crippen molar-refractivity contribution in [1.82, 2.24) is 25.2 Å². The van der Waals surface area contributed by atoms with Crippen LogP contribution in [0.2, 0.25) is 0 Å². The van der Waals surface area contributed by atoms with Gasteiger partial charge >= 0.3 is 5.97 Å². The number of fused-ring (bicyclic) bond motifs is 2. The molecule has 5 rings (SSSR count). The van der Waals surface area contributed by atoms with Crippen molar-refractivity contribution < 1.29 is 32.3 Å². The summed E-state index contributed by atoms with van der Waals surface area (Å²) >= 11 is 0. The Morgan fingerprint density at radius 3 is 2.45 bits per heavy atom. The lowest BCUT2D eigenvalue weighted by molar-refractivity contribution is 0.00683. The van der Waals surface area contributed by atoms with Crippen LogP contribution < -0.4 is 10.6 Å². The van der Waals surface area contributed by atoms with Gasteiger partial charge in [0.05, 0.1) is 17.8 Å². The lowest BCUT2D eigenvalue weighted by Gasteiger charge is -2.21. The van der Waals surface area contributed by atoms with Gasteiger partial charge in [0.15, 0.2) is 11.5 Å². The van der Waals surface area contributed by atoms with E-state index in [1.54, 1.807) is 32.9 Å². The Balaban J connectivity index is 1.38. The maximum absolute atomic E-state index is 14.5. The van der Waals surface area contributed by atoms with Crippen molar-refractivity contribution in [1.29, 1.82) is 0 Å². The fraction of sp³-hybridized carbons (Fsp3) is 0.300. The average molecular weight is 580 g/mol. The largest absolute Gasteiger partial charge is 0.456 e. The van der Waals surface area contributed by atoms with Crippen LogP contribution in [0.25, 0.3) is 5.65 Å². The highest BCUT2D eigenvalue weighted by atomic mass is 19.1. The monoisotopic (exact) mass is 579 g/mol. The molecule has 0 spiro atoms. The van der Waals surface area contributed by atoms with Crippen molar-refractivity contribution in [2.75, 3.05) is 0 Å². The Kier molecular flexibility index (Phi) is 7.48. The van der Waals surface area contributed by atoms with Gasteiger partial charge in [-0.25, -0.2) is 27.5 Å². The topological polar surface area (TPSA) is 115 Å². The van der Waals surface area contributed by atoms with E-state index >= 15 is 0 Å². The average Bonchev–Trinajstić information content (AvgIpc) is 3.49. The molecule has 2 amide bonds. The lowest BCUT2D eigenvalue weighted by atomic mass is 9.97. The number of halogens is 3. The molecule has 9 nitrogen and oxygen atoms in total. The number of nitrogens with one attached hydrogen (secondary N) is 2. The van der Waals surface area contributed by atoms with Crippen LogP contribution in [0.4, 0.5) is 13.2 Å². The van der Waals surface area contributed by atoms with Crippen molar-refractivity contribution in [3.05, 3.63) is 99.3 Å². The smallest absolute Gasteiger partial charge is 0.338 e. The van der Waals surface area contributed by atoms with Crippen molar-refractivity contribution in [2.45, 2.75) is 58.7 Å². The molecular formula is C30H28F3N5O4. The third-order valence-electron chi connectivity index (χ3n) is 6.89. The van der Waals surface area contributed by atoms with Crippen LogP contribution >= 0.6 is 0 Å². The molecule has 0 unspecified atom stereocenters. The second-order valence-corrected chi connectivity index (χ2v) is 11.1. The van der Waals surface area contributed by atoms with Gasteiger partial charge in [-0.3, -0.25) is 9.59 Å². The summed E-state index contributed by atoms with van der Waals surface area (Å²) in [6, 6.07) is 7.04. The summed E-state index contributed by atoms with van der Waals surface area (Å²) < 4.78 is 48.0. The molecular weight excluding hydrogens is 551 g/mol. The van der Waals surface area contributed by atoms with Gasteiger partial charge < -0.3 is 15.4 Å². The van der Waals surface area contributed by atoms with E-state index < -0.39 is 46.9 Å². The number of benzene rings is 2. The highest BCUT2D eigenvalue weighted by molar-refractivity contribution is 5.98. The highest BCUT2D eigenvalue weighted by Crippen LogP contribution is 2.35. The van der Waals surface area contributed by atoms with Crippen molar-refractivity contribution >= 4 is 23.4 Å². The van der Waals surface area contributed by atoms with E-state index in [2.05, 4.69) is 20.7 Å². The Bertz CT molecular complexity index is 1730. The standard InChI is InChI=1S/C30H28F3N5O4/c1-15-19-7-8-23(21(19)6-5-20(15)29(41)42-30(2,3)4)37-28(40)25-12-24(36-26-22(33)14-35-38(25)26)27(39)34-13-16-9-17(31)11-18(32)10-16/h5-6,9-12,14,23H,7-8,13H2,1-4H3,(H,34,39)(H,37,40)/t23-/m0/s1. The minimum atomic E-state index is -0.845. The minimum Gasteiger partial charge on any atom is -0.456 e. The number of hydrogen-bond acceptors (Lipinski definition) is 6. The maximum atomic E-state index is 14.5. The summed E-state index contributed by atoms with van der Waals surface area (Å²) in [5.74, 6) is -4.29. The number of esters is 1. The van der Waals surface area contributed by atoms with Crippen LogP contribution in [0.3, 0.4) is 0 Å². The number of ether oxygens (including phenoxy) is 1. The van der Waals surface area contributed by atoms with Gasteiger partial charge in [0, 0.05) is 18.7 Å². The predicted octanol–water partition coefficient (Wildman–Crippen LogP) is 4.76. The molecule has 0 bridgehead atoms. The van der Waals surface area contributed by atoms with E-state index in [-0.39, 0.29) is 29.1 Å². The number of rotatable bonds is 6. The fourth-order valence-corrected chi connectivity index (χ4v) is 5.02. The molecule has 2 heterocycles. The molecule has 0 fully saturated rings. The van der Waals surface area contributed by atoms with Gasteiger partial charge in [-0.1, -0.05) is 6.07 Å². The number of nitrogens with zero attached hydrogens (tertiary/aromatic N) is 3. The second kappa shape index (κ2) is 10.9. The van der Waals surface area contributed by atoms with Crippen LogP contribution in [0, 0.1) is 24.4 Å². The zero-order valence-corrected chi connectivity index (χ0v) is 23.3. The molecule has 0 saturated heterocycles. The molecule has 1 aliphatic rings. The van der Waals surface area contributed by atoms with Gasteiger partial charge in [-0.05, 0) is 81.0 Å². The molecule has 1 atom stereocenters. The first-order chi connectivity index (χ1) is 19.8. The fourth-order valence-electron chi connectivity index (χ4n) is 5.02. The summed E-state index contributed by atoms with van der Waals surface area (Å²) in [5.41, 5.74) is 1.76. The Hall–Kier alpha value is -4.74. The van der Waals surface area contributed by atoms with Gasteiger partial charge in [-0.15, -0.1) is 0 Å². The first-order valence-corrected chi connectivity index (χ1v) is 13.2. The molecule has 0 saturated carbocycles. The van der Waals surface area contributed by atoms with Crippen LogP contribution in [-0.2, 0) is 17.7 Å². The van der Waals surface area contributed by atoms with E-state index in [9.17, 15) is 27.6 Å². The minimum absolute atomic E-state index is 0.138. The normalized spacial score (nSPS) is 14.5. The van der Waals surface area contributed by atoms with Gasteiger partial charge in [0.2, 0.25) is 0 Å². The van der Waals surface area contributed by atoms with E-state index in [4.69, 9.17) is 4.74 Å². The van der Waals surface area contributed by atoms with Crippen LogP contribution in [0.1, 0.15) is 86.8 Å². The molecule has 218 valence electrons. The number of amides is 2. The van der Waals surface area contributed by atoms with Crippen molar-refractivity contribution in [3.63, 3.8) is 0 Å². The van der Waals surface area contributed by atoms with Gasteiger partial charge in [-0.2, -0.15) is 5.10 Å². The van der Waals surface area contributed by atoms with Crippen LogP contribution in [0.15, 0.2) is 42.6 Å². The predicted molar refractivity (Wildman–Crippen MR) is 145 cm³/mol. The maximum Gasteiger partial charge on any atom is 0.338 e. The third-order valence-corrected chi connectivity index (χ3v) is 6.89. The Morgan fingerprint density at radius 2 is 1.76 bits per heavy atom. The summed E-state index contributed by atoms with van der Waals surface area (Å²) in [6.45, 7) is 6.99. The summed E-state index contributed by atoms with van der Waals surface area (Å²) in [7, 11) is 0. The van der Waals surface area contributed by atoms with E-state index in [1.807, 2.05) is 6.92 Å². The van der Waals surface area contributed by atoms with E-state index in [0.717, 1.165) is 39.5 Å². The van der Waals surface area contributed by atoms with Crippen LogP contribution in [0.5, 0.6) is 0 Å². The van der Waals surface area contributed by atoms with Crippen molar-refractivity contribution in [2.24, 2.45) is 0 Å². The molecule has 2 aromatic carbocycles. The molecule has 4 aromatic rings. The molecule has 2 aromatic heterocycles. The highest BCUT2D eigenvalue weighted by Gasteiger charge is 2.30. The summed E-state index contributed by atoms with van der Waals surface area (Å²) in [5, 5.41) is 9.30. The second-order valence-electron chi connectivity index (χ2n) is 11.1. The first-order valence-electron chi connectivity index (χ1n) is 13.2. The van der Waals surface area contributed by atoms with Gasteiger partial charge in [0.25, 0.3) is 11.8 Å². The Morgan fingerprint density at radius 1 is 1.05 bits per heavy atom. The molecule has 2 N–H and O–H groups in total. The van der Waals surface area contributed by atoms with E-state index in [1.165, 1.54) is 6.07 Å². The molecule has 0 radical (unpaired) electrons. The quantitative estimate of drug-likeness (QED) is 0.319. The molecule has 0 aliphatic heterocycles. The van der Waals surface area contributed by atoms with Crippen molar-refractivity contribution in [3.8, 4) is 0 Å². The Labute approximate surface area is 239 Å². The number of aromatic nitrogens is 3. The summed E-state index contributed by atoms with van der Waals surface area (Å²) in [6.07, 6.45) is 2.04. The number of hydrogen-bond donors (Lipinski definition) is 2. The molecule has 1 aliphatic carbocycles. The molecule has 12 heteroatoms. The van der Waals surface area contributed by atoms with Gasteiger partial charge in [0.1, 0.15) is 28.6 Å². The summed E-state index contributed by atoms with van der Waals surface area (Å²) in [4.78, 5) is 43.0.